The van der Waals surface area contributed by atoms with E-state index in [1.807, 2.05) is 0 Å². The molecule has 0 aliphatic heterocycles. The van der Waals surface area contributed by atoms with Gasteiger partial charge in [0.1, 0.15) is 11.5 Å². The molecular weight excluding hydrogens is 241 g/mol. The maximum Gasteiger partial charge on any atom is 0.147 e. The summed E-state index contributed by atoms with van der Waals surface area (Å²) in [6, 6.07) is 2.89. The molecule has 1 N–H and O–H groups in total. The highest BCUT2D eigenvalue weighted by Crippen LogP contribution is 2.20. The molecule has 0 radical (unpaired) electrons. The van der Waals surface area contributed by atoms with Crippen LogP contribution in [0.3, 0.4) is 0 Å². The lowest BCUT2D eigenvalue weighted by atomic mass is 10.0. The van der Waals surface area contributed by atoms with Gasteiger partial charge < -0.3 is 5.11 Å². The zero-order chi connectivity index (χ0) is 13.9. The summed E-state index contributed by atoms with van der Waals surface area (Å²) in [6.45, 7) is 2.22. The van der Waals surface area contributed by atoms with Gasteiger partial charge in [-0.25, -0.2) is 4.39 Å². The van der Waals surface area contributed by atoms with Crippen molar-refractivity contribution >= 4 is 0 Å². The molecule has 0 amide bonds. The van der Waals surface area contributed by atoms with Gasteiger partial charge in [0.15, 0.2) is 0 Å². The summed E-state index contributed by atoms with van der Waals surface area (Å²) in [6.07, 6.45) is 11.1. The van der Waals surface area contributed by atoms with E-state index in [1.165, 1.54) is 50.8 Å². The van der Waals surface area contributed by atoms with E-state index in [9.17, 15) is 9.50 Å². The molecule has 1 unspecified atom stereocenters. The Bertz CT molecular complexity index is 343. The van der Waals surface area contributed by atoms with E-state index in [0.717, 1.165) is 12.8 Å². The van der Waals surface area contributed by atoms with Gasteiger partial charge in [-0.15, -0.1) is 0 Å². The molecule has 2 nitrogen and oxygen atoms in total. The standard InChI is InChI=1S/C16H26FNO/c1-2-3-4-5-6-7-8-9-12-15(19)16-14(17)11-10-13-18-16/h10-11,13,15,19H,2-9,12H2,1H3. The van der Waals surface area contributed by atoms with Crippen LogP contribution in [-0.4, -0.2) is 10.1 Å². The summed E-state index contributed by atoms with van der Waals surface area (Å²) in [4.78, 5) is 3.90. The number of pyridine rings is 1. The van der Waals surface area contributed by atoms with Crippen molar-refractivity contribution in [3.63, 3.8) is 0 Å². The van der Waals surface area contributed by atoms with Crippen molar-refractivity contribution < 1.29 is 9.50 Å². The average molecular weight is 267 g/mol. The second-order valence-corrected chi connectivity index (χ2v) is 5.15. The molecule has 0 aliphatic carbocycles. The third-order valence-corrected chi connectivity index (χ3v) is 3.43. The molecule has 1 aromatic heterocycles. The Morgan fingerprint density at radius 2 is 1.74 bits per heavy atom. The van der Waals surface area contributed by atoms with E-state index in [-0.39, 0.29) is 5.69 Å². The quantitative estimate of drug-likeness (QED) is 0.618. The summed E-state index contributed by atoms with van der Waals surface area (Å²) in [5.74, 6) is -0.408. The molecule has 1 rings (SSSR count). The molecule has 0 aromatic carbocycles. The van der Waals surface area contributed by atoms with Crippen LogP contribution in [-0.2, 0) is 0 Å². The first-order valence-corrected chi connectivity index (χ1v) is 7.54. The highest BCUT2D eigenvalue weighted by Gasteiger charge is 2.12. The van der Waals surface area contributed by atoms with Crippen molar-refractivity contribution in [3.05, 3.63) is 29.8 Å². The van der Waals surface area contributed by atoms with Crippen LogP contribution in [0.2, 0.25) is 0 Å². The fourth-order valence-corrected chi connectivity index (χ4v) is 2.25. The second kappa shape index (κ2) is 9.90. The fourth-order valence-electron chi connectivity index (χ4n) is 2.25. The maximum atomic E-state index is 13.4. The van der Waals surface area contributed by atoms with Crippen LogP contribution in [0, 0.1) is 5.82 Å². The van der Waals surface area contributed by atoms with Gasteiger partial charge in [0, 0.05) is 6.20 Å². The fraction of sp³-hybridized carbons (Fsp3) is 0.688. The number of aliphatic hydroxyl groups excluding tert-OH is 1. The highest BCUT2D eigenvalue weighted by atomic mass is 19.1. The summed E-state index contributed by atoms with van der Waals surface area (Å²) >= 11 is 0. The largest absolute Gasteiger partial charge is 0.387 e. The molecule has 108 valence electrons. The van der Waals surface area contributed by atoms with Crippen LogP contribution in [0.5, 0.6) is 0 Å². The smallest absolute Gasteiger partial charge is 0.147 e. The molecule has 3 heteroatoms. The van der Waals surface area contributed by atoms with Gasteiger partial charge in [0.05, 0.1) is 6.10 Å². The van der Waals surface area contributed by atoms with E-state index < -0.39 is 11.9 Å². The Morgan fingerprint density at radius 3 is 2.37 bits per heavy atom. The molecule has 19 heavy (non-hydrogen) atoms. The van der Waals surface area contributed by atoms with Crippen LogP contribution in [0.25, 0.3) is 0 Å². The summed E-state index contributed by atoms with van der Waals surface area (Å²) in [7, 11) is 0. The zero-order valence-electron chi connectivity index (χ0n) is 11.9. The first-order valence-electron chi connectivity index (χ1n) is 7.54. The number of hydrogen-bond acceptors (Lipinski definition) is 2. The van der Waals surface area contributed by atoms with Crippen molar-refractivity contribution in [3.8, 4) is 0 Å². The monoisotopic (exact) mass is 267 g/mol. The SMILES string of the molecule is CCCCCCCCCCC(O)c1ncccc1F. The van der Waals surface area contributed by atoms with Gasteiger partial charge in [-0.3, -0.25) is 4.98 Å². The van der Waals surface area contributed by atoms with Gasteiger partial charge in [-0.1, -0.05) is 58.3 Å². The van der Waals surface area contributed by atoms with Crippen molar-refractivity contribution in [1.82, 2.24) is 4.98 Å². The highest BCUT2D eigenvalue weighted by molar-refractivity contribution is 5.09. The molecule has 0 aliphatic rings. The lowest BCUT2D eigenvalue weighted by molar-refractivity contribution is 0.153. The predicted molar refractivity (Wildman–Crippen MR) is 76.4 cm³/mol. The zero-order valence-corrected chi connectivity index (χ0v) is 11.9. The molecule has 1 atom stereocenters. The molecule has 0 spiro atoms. The number of unbranched alkanes of at least 4 members (excludes halogenated alkanes) is 7. The molecular formula is C16H26FNO. The number of rotatable bonds is 10. The van der Waals surface area contributed by atoms with Gasteiger partial charge in [0.25, 0.3) is 0 Å². The molecule has 1 heterocycles. The Hall–Kier alpha value is -0.960. The third kappa shape index (κ3) is 6.67. The Balaban J connectivity index is 2.08. The van der Waals surface area contributed by atoms with E-state index in [1.54, 1.807) is 6.07 Å². The first kappa shape index (κ1) is 16.1. The van der Waals surface area contributed by atoms with Gasteiger partial charge in [0.2, 0.25) is 0 Å². The first-order chi connectivity index (χ1) is 9.25. The maximum absolute atomic E-state index is 13.4. The molecule has 1 aromatic rings. The number of aromatic nitrogens is 1. The van der Waals surface area contributed by atoms with E-state index >= 15 is 0 Å². The summed E-state index contributed by atoms with van der Waals surface area (Å²) in [5.41, 5.74) is 0.186. The average Bonchev–Trinajstić information content (AvgIpc) is 2.42. The van der Waals surface area contributed by atoms with Crippen molar-refractivity contribution in [2.75, 3.05) is 0 Å². The molecule has 0 bridgehead atoms. The van der Waals surface area contributed by atoms with E-state index in [0.29, 0.717) is 6.42 Å². The number of halogens is 1. The minimum Gasteiger partial charge on any atom is -0.387 e. The van der Waals surface area contributed by atoms with E-state index in [2.05, 4.69) is 11.9 Å². The van der Waals surface area contributed by atoms with Crippen LogP contribution in [0.1, 0.15) is 76.5 Å². The van der Waals surface area contributed by atoms with Crippen LogP contribution in [0.15, 0.2) is 18.3 Å². The Morgan fingerprint density at radius 1 is 1.11 bits per heavy atom. The number of hydrogen-bond donors (Lipinski definition) is 1. The van der Waals surface area contributed by atoms with E-state index in [4.69, 9.17) is 0 Å². The minimum atomic E-state index is -0.763. The van der Waals surface area contributed by atoms with Crippen LogP contribution >= 0.6 is 0 Å². The number of aliphatic hydroxyl groups is 1. The van der Waals surface area contributed by atoms with Gasteiger partial charge in [-0.2, -0.15) is 0 Å². The van der Waals surface area contributed by atoms with Gasteiger partial charge >= 0.3 is 0 Å². The van der Waals surface area contributed by atoms with Gasteiger partial charge in [-0.05, 0) is 18.6 Å². The Labute approximate surface area is 116 Å². The van der Waals surface area contributed by atoms with Crippen molar-refractivity contribution in [2.45, 2.75) is 70.8 Å². The Kier molecular flexibility index (Phi) is 8.39. The van der Waals surface area contributed by atoms with Crippen LogP contribution in [0.4, 0.5) is 4.39 Å². The predicted octanol–water partition coefficient (Wildman–Crippen LogP) is 4.78. The summed E-state index contributed by atoms with van der Waals surface area (Å²) < 4.78 is 13.4. The second-order valence-electron chi connectivity index (χ2n) is 5.15. The van der Waals surface area contributed by atoms with Crippen molar-refractivity contribution in [1.29, 1.82) is 0 Å². The molecule has 0 saturated heterocycles. The normalized spacial score (nSPS) is 12.6. The molecule has 0 fully saturated rings. The van der Waals surface area contributed by atoms with Crippen LogP contribution < -0.4 is 0 Å². The van der Waals surface area contributed by atoms with Crippen molar-refractivity contribution in [2.24, 2.45) is 0 Å². The molecule has 0 saturated carbocycles. The third-order valence-electron chi connectivity index (χ3n) is 3.43. The topological polar surface area (TPSA) is 33.1 Å². The lowest BCUT2D eigenvalue weighted by Crippen LogP contribution is -2.03. The lowest BCUT2D eigenvalue weighted by Gasteiger charge is -2.10. The number of nitrogens with zero attached hydrogens (tertiary/aromatic N) is 1. The minimum absolute atomic E-state index is 0.186. The summed E-state index contributed by atoms with van der Waals surface area (Å²) in [5, 5.41) is 9.87.